The van der Waals surface area contributed by atoms with Crippen LogP contribution in [-0.2, 0) is 9.59 Å². The number of hydrogen-bond donors (Lipinski definition) is 1. The molecule has 1 aliphatic rings. The van der Waals surface area contributed by atoms with Gasteiger partial charge in [0.1, 0.15) is 11.6 Å². The van der Waals surface area contributed by atoms with Gasteiger partial charge in [-0.3, -0.25) is 14.5 Å². The van der Waals surface area contributed by atoms with Gasteiger partial charge in [-0.05, 0) is 37.1 Å². The maximum Gasteiger partial charge on any atom is 0.262 e. The Kier molecular flexibility index (Phi) is 5.35. The minimum absolute atomic E-state index is 0.00844. The van der Waals surface area contributed by atoms with Crippen molar-refractivity contribution < 1.29 is 9.59 Å². The summed E-state index contributed by atoms with van der Waals surface area (Å²) in [6.45, 7) is 1.43. The first-order valence-corrected chi connectivity index (χ1v) is 9.18. The quantitative estimate of drug-likeness (QED) is 0.627. The second-order valence-corrected chi connectivity index (χ2v) is 7.08. The summed E-state index contributed by atoms with van der Waals surface area (Å²) < 4.78 is 0. The number of benzene rings is 1. The first kappa shape index (κ1) is 18.1. The molecule has 3 rings (SSSR count). The molecule has 132 valence electrons. The summed E-state index contributed by atoms with van der Waals surface area (Å²) in [6, 6.07) is 8.96. The molecule has 2 amide bonds. The number of amides is 2. The number of anilines is 2. The fraction of sp³-hybridized carbons (Fsp3) is 0.222. The van der Waals surface area contributed by atoms with Gasteiger partial charge in [0, 0.05) is 23.4 Å². The number of halogens is 1. The topological polar surface area (TPSA) is 86.1 Å². The lowest BCUT2D eigenvalue weighted by Crippen LogP contribution is -2.26. The third-order valence-corrected chi connectivity index (χ3v) is 4.73. The van der Waals surface area contributed by atoms with Gasteiger partial charge in [0.05, 0.1) is 11.4 Å². The Bertz CT molecular complexity index is 927. The summed E-state index contributed by atoms with van der Waals surface area (Å²) in [6.07, 6.45) is 3.31. The van der Waals surface area contributed by atoms with Crippen molar-refractivity contribution in [2.45, 2.75) is 25.8 Å². The Labute approximate surface area is 159 Å². The van der Waals surface area contributed by atoms with Crippen molar-refractivity contribution in [3.63, 3.8) is 0 Å². The maximum absolute atomic E-state index is 12.1. The number of hydrogen-bond acceptors (Lipinski definition) is 5. The van der Waals surface area contributed by atoms with Crippen LogP contribution in [0.15, 0.2) is 35.2 Å². The van der Waals surface area contributed by atoms with Crippen LogP contribution in [0.2, 0.25) is 5.02 Å². The van der Waals surface area contributed by atoms with Crippen LogP contribution in [0, 0.1) is 11.3 Å². The van der Waals surface area contributed by atoms with Crippen LogP contribution in [0.3, 0.4) is 0 Å². The summed E-state index contributed by atoms with van der Waals surface area (Å²) in [4.78, 5) is 29.9. The Morgan fingerprint density at radius 3 is 2.85 bits per heavy atom. The molecule has 8 heteroatoms. The van der Waals surface area contributed by atoms with Crippen LogP contribution in [-0.4, -0.2) is 22.8 Å². The molecule has 1 aliphatic carbocycles. The molecular formula is C18H15ClN4O2S. The van der Waals surface area contributed by atoms with Crippen LogP contribution in [0.25, 0.3) is 6.08 Å². The Morgan fingerprint density at radius 1 is 1.46 bits per heavy atom. The molecule has 0 saturated heterocycles. The number of carbonyl (C=O) groups is 2. The Hall–Kier alpha value is -2.69. The molecule has 1 fully saturated rings. The van der Waals surface area contributed by atoms with E-state index in [0.29, 0.717) is 21.5 Å². The molecule has 1 saturated carbocycles. The smallest absolute Gasteiger partial charge is 0.262 e. The molecule has 1 N–H and O–H groups in total. The van der Waals surface area contributed by atoms with Crippen LogP contribution in [0.4, 0.5) is 10.8 Å². The van der Waals surface area contributed by atoms with E-state index < -0.39 is 5.91 Å². The van der Waals surface area contributed by atoms with Crippen molar-refractivity contribution in [2.24, 2.45) is 0 Å². The summed E-state index contributed by atoms with van der Waals surface area (Å²) in [5, 5.41) is 14.6. The zero-order valence-electron chi connectivity index (χ0n) is 13.9. The molecular weight excluding hydrogens is 372 g/mol. The summed E-state index contributed by atoms with van der Waals surface area (Å²) >= 11 is 7.25. The van der Waals surface area contributed by atoms with Gasteiger partial charge in [-0.15, -0.1) is 11.3 Å². The zero-order valence-corrected chi connectivity index (χ0v) is 15.5. The van der Waals surface area contributed by atoms with E-state index in [1.54, 1.807) is 29.6 Å². The average Bonchev–Trinajstić information content (AvgIpc) is 3.29. The monoisotopic (exact) mass is 386 g/mol. The number of thiazole rings is 1. The lowest BCUT2D eigenvalue weighted by atomic mass is 10.2. The van der Waals surface area contributed by atoms with Gasteiger partial charge >= 0.3 is 0 Å². The molecule has 0 aliphatic heterocycles. The highest BCUT2D eigenvalue weighted by Gasteiger charge is 2.25. The van der Waals surface area contributed by atoms with Crippen molar-refractivity contribution >= 4 is 51.6 Å². The van der Waals surface area contributed by atoms with Crippen molar-refractivity contribution in [1.29, 1.82) is 5.26 Å². The van der Waals surface area contributed by atoms with Gasteiger partial charge in [-0.1, -0.05) is 17.7 Å². The molecule has 0 atom stereocenters. The third kappa shape index (κ3) is 4.28. The molecule has 0 radical (unpaired) electrons. The second-order valence-electron chi connectivity index (χ2n) is 5.81. The van der Waals surface area contributed by atoms with Crippen molar-refractivity contribution in [2.75, 3.05) is 4.90 Å². The molecule has 1 aromatic carbocycles. The minimum atomic E-state index is -0.400. The van der Waals surface area contributed by atoms with E-state index in [9.17, 15) is 14.9 Å². The number of nitrogens with one attached hydrogen (secondary N) is 1. The fourth-order valence-electron chi connectivity index (χ4n) is 2.27. The molecule has 0 bridgehead atoms. The predicted molar refractivity (Wildman–Crippen MR) is 101 cm³/mol. The fourth-order valence-corrected chi connectivity index (χ4v) is 3.30. The van der Waals surface area contributed by atoms with Crippen molar-refractivity contribution in [1.82, 2.24) is 10.3 Å². The summed E-state index contributed by atoms with van der Waals surface area (Å²) in [5.41, 5.74) is 1.04. The van der Waals surface area contributed by atoms with E-state index in [1.165, 1.54) is 29.2 Å². The SMILES string of the molecule is CC(=O)N(c1cccc(Cl)c1)c1nc(/C=C(\C#N)C(=O)NC2CC2)cs1. The standard InChI is InChI=1S/C18H15ClN4O2S/c1-11(24)23(16-4-2-3-13(19)8-16)18-22-15(10-26-18)7-12(9-20)17(25)21-14-5-6-14/h2-4,7-8,10,14H,5-6H2,1H3,(H,21,25)/b12-7+. The normalized spacial score (nSPS) is 13.8. The minimum Gasteiger partial charge on any atom is -0.349 e. The molecule has 1 aromatic heterocycles. The molecule has 0 unspecified atom stereocenters. The predicted octanol–water partition coefficient (Wildman–Crippen LogP) is 3.67. The van der Waals surface area contributed by atoms with Gasteiger partial charge in [0.15, 0.2) is 5.13 Å². The van der Waals surface area contributed by atoms with Crippen LogP contribution in [0.1, 0.15) is 25.5 Å². The lowest BCUT2D eigenvalue weighted by Gasteiger charge is -2.18. The van der Waals surface area contributed by atoms with Crippen LogP contribution < -0.4 is 10.2 Å². The van der Waals surface area contributed by atoms with E-state index in [1.807, 2.05) is 6.07 Å². The van der Waals surface area contributed by atoms with E-state index in [-0.39, 0.29) is 17.5 Å². The maximum atomic E-state index is 12.1. The summed E-state index contributed by atoms with van der Waals surface area (Å²) in [7, 11) is 0. The van der Waals surface area contributed by atoms with Gasteiger partial charge in [0.25, 0.3) is 5.91 Å². The largest absolute Gasteiger partial charge is 0.349 e. The van der Waals surface area contributed by atoms with Gasteiger partial charge < -0.3 is 5.32 Å². The van der Waals surface area contributed by atoms with E-state index in [4.69, 9.17) is 11.6 Å². The highest BCUT2D eigenvalue weighted by atomic mass is 35.5. The van der Waals surface area contributed by atoms with Gasteiger partial charge in [-0.2, -0.15) is 5.26 Å². The average molecular weight is 387 g/mol. The number of nitriles is 1. The molecule has 1 heterocycles. The first-order valence-electron chi connectivity index (χ1n) is 7.92. The van der Waals surface area contributed by atoms with Crippen molar-refractivity contribution in [3.05, 3.63) is 45.9 Å². The lowest BCUT2D eigenvalue weighted by molar-refractivity contribution is -0.117. The highest BCUT2D eigenvalue weighted by Crippen LogP contribution is 2.31. The van der Waals surface area contributed by atoms with Gasteiger partial charge in [-0.25, -0.2) is 4.98 Å². The molecule has 26 heavy (non-hydrogen) atoms. The van der Waals surface area contributed by atoms with E-state index >= 15 is 0 Å². The van der Waals surface area contributed by atoms with E-state index in [0.717, 1.165) is 12.8 Å². The van der Waals surface area contributed by atoms with Crippen LogP contribution >= 0.6 is 22.9 Å². The molecule has 6 nitrogen and oxygen atoms in total. The van der Waals surface area contributed by atoms with Crippen molar-refractivity contribution in [3.8, 4) is 6.07 Å². The highest BCUT2D eigenvalue weighted by molar-refractivity contribution is 7.14. The molecule has 2 aromatic rings. The Morgan fingerprint density at radius 2 is 2.23 bits per heavy atom. The number of aromatic nitrogens is 1. The third-order valence-electron chi connectivity index (χ3n) is 3.65. The number of nitrogens with zero attached hydrogens (tertiary/aromatic N) is 3. The summed E-state index contributed by atoms with van der Waals surface area (Å²) in [5.74, 6) is -0.619. The number of carbonyl (C=O) groups excluding carboxylic acids is 2. The second kappa shape index (κ2) is 7.68. The zero-order chi connectivity index (χ0) is 18.7. The van der Waals surface area contributed by atoms with E-state index in [2.05, 4.69) is 10.3 Å². The Balaban J connectivity index is 1.87. The number of rotatable bonds is 5. The van der Waals surface area contributed by atoms with Gasteiger partial charge in [0.2, 0.25) is 5.91 Å². The van der Waals surface area contributed by atoms with Crippen LogP contribution in [0.5, 0.6) is 0 Å². The first-order chi connectivity index (χ1) is 12.5. The molecule has 0 spiro atoms.